The Balaban J connectivity index is 1.44. The molecule has 0 saturated heterocycles. The number of hydrogen-bond donors (Lipinski definition) is 2. The van der Waals surface area contributed by atoms with Crippen molar-refractivity contribution in [2.24, 2.45) is 0 Å². The molecule has 0 unspecified atom stereocenters. The highest BCUT2D eigenvalue weighted by Crippen LogP contribution is 2.33. The lowest BCUT2D eigenvalue weighted by Gasteiger charge is -2.09. The van der Waals surface area contributed by atoms with Crippen molar-refractivity contribution in [2.75, 3.05) is 11.9 Å². The number of phenols is 1. The van der Waals surface area contributed by atoms with Gasteiger partial charge in [-0.1, -0.05) is 12.1 Å². The molecule has 0 atom stereocenters. The van der Waals surface area contributed by atoms with Crippen LogP contribution in [0.2, 0.25) is 0 Å². The van der Waals surface area contributed by atoms with E-state index >= 15 is 0 Å². The van der Waals surface area contributed by atoms with Gasteiger partial charge in [0.05, 0.1) is 10.5 Å². The first-order chi connectivity index (χ1) is 14.5. The third-order valence-corrected chi connectivity index (χ3v) is 4.22. The molecule has 1 aromatic heterocycles. The van der Waals surface area contributed by atoms with Gasteiger partial charge in [0.2, 0.25) is 5.89 Å². The number of anilines is 1. The van der Waals surface area contributed by atoms with Gasteiger partial charge in [0.15, 0.2) is 12.2 Å². The standard InChI is InChI=1S/C21H15N3O6/c25-18-10-5-13(11-16(18)21-23-17-3-1-2-4-19(17)30-21)22-20(26)12-29-15-8-6-14(7-9-15)24(27)28/h1-11,25H,12H2,(H,22,26). The zero-order chi connectivity index (χ0) is 21.1. The Kier molecular flexibility index (Phi) is 5.00. The molecule has 0 bridgehead atoms. The zero-order valence-corrected chi connectivity index (χ0v) is 15.4. The van der Waals surface area contributed by atoms with E-state index in [0.29, 0.717) is 28.1 Å². The van der Waals surface area contributed by atoms with Gasteiger partial charge in [-0.05, 0) is 42.5 Å². The van der Waals surface area contributed by atoms with Crippen LogP contribution in [0, 0.1) is 10.1 Å². The Morgan fingerprint density at radius 3 is 2.63 bits per heavy atom. The number of oxazole rings is 1. The first-order valence-corrected chi connectivity index (χ1v) is 8.86. The molecule has 0 saturated carbocycles. The van der Waals surface area contributed by atoms with Crippen molar-refractivity contribution in [1.29, 1.82) is 0 Å². The molecule has 4 rings (SSSR count). The van der Waals surface area contributed by atoms with Gasteiger partial charge in [0.25, 0.3) is 11.6 Å². The van der Waals surface area contributed by atoms with Gasteiger partial charge >= 0.3 is 0 Å². The molecule has 1 heterocycles. The monoisotopic (exact) mass is 405 g/mol. The molecule has 9 nitrogen and oxygen atoms in total. The molecule has 0 aliphatic heterocycles. The van der Waals surface area contributed by atoms with Crippen LogP contribution in [0.4, 0.5) is 11.4 Å². The number of fused-ring (bicyclic) bond motifs is 1. The Morgan fingerprint density at radius 2 is 1.90 bits per heavy atom. The maximum Gasteiger partial charge on any atom is 0.269 e. The lowest BCUT2D eigenvalue weighted by molar-refractivity contribution is -0.384. The predicted octanol–water partition coefficient (Wildman–Crippen LogP) is 4.13. The van der Waals surface area contributed by atoms with Crippen molar-refractivity contribution in [2.45, 2.75) is 0 Å². The molecule has 3 aromatic carbocycles. The van der Waals surface area contributed by atoms with Crippen LogP contribution in [0.5, 0.6) is 11.5 Å². The van der Waals surface area contributed by atoms with E-state index in [9.17, 15) is 20.0 Å². The molecule has 0 radical (unpaired) electrons. The number of para-hydroxylation sites is 2. The number of non-ortho nitro benzene ring substituents is 1. The number of nitro groups is 1. The number of hydrogen-bond acceptors (Lipinski definition) is 7. The summed E-state index contributed by atoms with van der Waals surface area (Å²) in [4.78, 5) is 26.7. The van der Waals surface area contributed by atoms with E-state index < -0.39 is 10.8 Å². The molecular formula is C21H15N3O6. The number of nitro benzene ring substituents is 1. The molecular weight excluding hydrogens is 390 g/mol. The van der Waals surface area contributed by atoms with Gasteiger partial charge in [-0.3, -0.25) is 14.9 Å². The summed E-state index contributed by atoms with van der Waals surface area (Å²) >= 11 is 0. The van der Waals surface area contributed by atoms with Crippen molar-refractivity contribution in [1.82, 2.24) is 4.98 Å². The number of amides is 1. The maximum absolute atomic E-state index is 12.2. The molecule has 0 fully saturated rings. The molecule has 1 amide bonds. The van der Waals surface area contributed by atoms with Crippen LogP contribution >= 0.6 is 0 Å². The van der Waals surface area contributed by atoms with Gasteiger partial charge < -0.3 is 19.6 Å². The van der Waals surface area contributed by atoms with Crippen LogP contribution in [0.25, 0.3) is 22.6 Å². The summed E-state index contributed by atoms with van der Waals surface area (Å²) < 4.78 is 11.0. The first kappa shape index (κ1) is 18.9. The number of aromatic hydroxyl groups is 1. The number of nitrogens with one attached hydrogen (secondary N) is 1. The van der Waals surface area contributed by atoms with E-state index in [1.807, 2.05) is 12.1 Å². The second-order valence-corrected chi connectivity index (χ2v) is 6.31. The van der Waals surface area contributed by atoms with Crippen molar-refractivity contribution < 1.29 is 24.0 Å². The largest absolute Gasteiger partial charge is 0.507 e. The SMILES string of the molecule is O=C(COc1ccc([N+](=O)[O-])cc1)Nc1ccc(O)c(-c2nc3ccccc3o2)c1. The third kappa shape index (κ3) is 4.04. The van der Waals surface area contributed by atoms with Gasteiger partial charge in [0, 0.05) is 17.8 Å². The summed E-state index contributed by atoms with van der Waals surface area (Å²) in [5, 5.41) is 23.5. The highest BCUT2D eigenvalue weighted by molar-refractivity contribution is 5.93. The molecule has 2 N–H and O–H groups in total. The van der Waals surface area contributed by atoms with E-state index in [-0.39, 0.29) is 23.9 Å². The van der Waals surface area contributed by atoms with E-state index in [1.165, 1.54) is 36.4 Å². The van der Waals surface area contributed by atoms with Crippen molar-refractivity contribution >= 4 is 28.4 Å². The summed E-state index contributed by atoms with van der Waals surface area (Å²) in [6.07, 6.45) is 0. The van der Waals surface area contributed by atoms with E-state index in [1.54, 1.807) is 18.2 Å². The summed E-state index contributed by atoms with van der Waals surface area (Å²) in [6.45, 7) is -0.295. The third-order valence-electron chi connectivity index (χ3n) is 4.22. The van der Waals surface area contributed by atoms with E-state index in [2.05, 4.69) is 10.3 Å². The lowest BCUT2D eigenvalue weighted by Crippen LogP contribution is -2.20. The average Bonchev–Trinajstić information content (AvgIpc) is 3.18. The number of benzene rings is 3. The number of carbonyl (C=O) groups is 1. The molecule has 0 aliphatic carbocycles. The Bertz CT molecular complexity index is 1200. The van der Waals surface area contributed by atoms with Crippen molar-refractivity contribution in [3.8, 4) is 23.0 Å². The second-order valence-electron chi connectivity index (χ2n) is 6.31. The number of rotatable bonds is 6. The first-order valence-electron chi connectivity index (χ1n) is 8.86. The minimum atomic E-state index is -0.518. The topological polar surface area (TPSA) is 128 Å². The second kappa shape index (κ2) is 7.92. The van der Waals surface area contributed by atoms with Crippen LogP contribution in [-0.2, 0) is 4.79 Å². The van der Waals surface area contributed by atoms with Crippen LogP contribution in [0.3, 0.4) is 0 Å². The van der Waals surface area contributed by atoms with E-state index in [0.717, 1.165) is 0 Å². The smallest absolute Gasteiger partial charge is 0.269 e. The van der Waals surface area contributed by atoms with Crippen LogP contribution in [0.1, 0.15) is 0 Å². The predicted molar refractivity (Wildman–Crippen MR) is 108 cm³/mol. The highest BCUT2D eigenvalue weighted by Gasteiger charge is 2.14. The molecule has 30 heavy (non-hydrogen) atoms. The number of carbonyl (C=O) groups excluding carboxylic acids is 1. The fourth-order valence-electron chi connectivity index (χ4n) is 2.78. The Morgan fingerprint density at radius 1 is 1.13 bits per heavy atom. The van der Waals surface area contributed by atoms with Crippen LogP contribution in [0.15, 0.2) is 71.1 Å². The minimum Gasteiger partial charge on any atom is -0.507 e. The Labute approximate surface area is 169 Å². The summed E-state index contributed by atoms with van der Waals surface area (Å²) in [5.41, 5.74) is 1.92. The van der Waals surface area contributed by atoms with Crippen molar-refractivity contribution in [3.05, 3.63) is 76.8 Å². The fraction of sp³-hybridized carbons (Fsp3) is 0.0476. The lowest BCUT2D eigenvalue weighted by atomic mass is 10.1. The number of ether oxygens (including phenoxy) is 1. The van der Waals surface area contributed by atoms with Crippen LogP contribution < -0.4 is 10.1 Å². The summed E-state index contributed by atoms with van der Waals surface area (Å²) in [7, 11) is 0. The summed E-state index contributed by atoms with van der Waals surface area (Å²) in [6, 6.07) is 17.1. The molecule has 150 valence electrons. The summed E-state index contributed by atoms with van der Waals surface area (Å²) in [5.74, 6) is 0.0739. The van der Waals surface area contributed by atoms with E-state index in [4.69, 9.17) is 9.15 Å². The molecule has 0 spiro atoms. The molecule has 9 heteroatoms. The van der Waals surface area contributed by atoms with Gasteiger partial charge in [-0.15, -0.1) is 0 Å². The number of aromatic nitrogens is 1. The normalized spacial score (nSPS) is 10.7. The number of phenolic OH excluding ortho intramolecular Hbond substituents is 1. The van der Waals surface area contributed by atoms with Gasteiger partial charge in [-0.25, -0.2) is 4.98 Å². The van der Waals surface area contributed by atoms with Gasteiger partial charge in [0.1, 0.15) is 17.0 Å². The molecule has 4 aromatic rings. The quantitative estimate of drug-likeness (QED) is 0.280. The highest BCUT2D eigenvalue weighted by atomic mass is 16.6. The molecule has 0 aliphatic rings. The Hall–Kier alpha value is -4.40. The fourth-order valence-corrected chi connectivity index (χ4v) is 2.78. The van der Waals surface area contributed by atoms with Crippen molar-refractivity contribution in [3.63, 3.8) is 0 Å². The van der Waals surface area contributed by atoms with Crippen LogP contribution in [-0.4, -0.2) is 27.5 Å². The van der Waals surface area contributed by atoms with Gasteiger partial charge in [-0.2, -0.15) is 0 Å². The minimum absolute atomic E-state index is 0.0401. The maximum atomic E-state index is 12.2. The average molecular weight is 405 g/mol. The zero-order valence-electron chi connectivity index (χ0n) is 15.4. The number of nitrogens with zero attached hydrogens (tertiary/aromatic N) is 2.